The van der Waals surface area contributed by atoms with Crippen LogP contribution in [-0.2, 0) is 5.54 Å². The second kappa shape index (κ2) is 7.29. The maximum atomic E-state index is 13.1. The van der Waals surface area contributed by atoms with Gasteiger partial charge in [-0.15, -0.1) is 0 Å². The summed E-state index contributed by atoms with van der Waals surface area (Å²) in [5, 5.41) is 12.4. The van der Waals surface area contributed by atoms with Crippen LogP contribution in [0.3, 0.4) is 0 Å². The number of benzene rings is 2. The molecule has 5 nitrogen and oxygen atoms in total. The first-order valence-corrected chi connectivity index (χ1v) is 9.97. The fourth-order valence-electron chi connectivity index (χ4n) is 4.67. The zero-order valence-corrected chi connectivity index (χ0v) is 16.3. The van der Waals surface area contributed by atoms with Crippen LogP contribution in [0.15, 0.2) is 60.7 Å². The molecule has 2 amide bonds. The molecule has 2 heterocycles. The van der Waals surface area contributed by atoms with E-state index in [4.69, 9.17) is 5.26 Å². The minimum absolute atomic E-state index is 0.00842. The van der Waals surface area contributed by atoms with Crippen LogP contribution < -0.4 is 5.32 Å². The van der Waals surface area contributed by atoms with Crippen molar-refractivity contribution in [3.05, 3.63) is 71.8 Å². The van der Waals surface area contributed by atoms with Gasteiger partial charge in [-0.05, 0) is 11.1 Å². The smallest absolute Gasteiger partial charge is 0.318 e. The van der Waals surface area contributed by atoms with Gasteiger partial charge in [0.15, 0.2) is 6.54 Å². The van der Waals surface area contributed by atoms with Crippen molar-refractivity contribution in [3.63, 3.8) is 0 Å². The van der Waals surface area contributed by atoms with E-state index in [1.165, 1.54) is 0 Å². The molecule has 2 aliphatic rings. The van der Waals surface area contributed by atoms with Gasteiger partial charge in [-0.3, -0.25) is 0 Å². The number of likely N-dealkylation sites (tertiary alicyclic amines) is 1. The molecule has 2 aromatic rings. The molecule has 144 valence electrons. The molecule has 1 N–H and O–H groups in total. The highest BCUT2D eigenvalue weighted by atomic mass is 16.2. The highest BCUT2D eigenvalue weighted by Crippen LogP contribution is 2.37. The molecule has 0 aromatic heterocycles. The summed E-state index contributed by atoms with van der Waals surface area (Å²) in [5.74, 6) is 0. The van der Waals surface area contributed by atoms with Crippen LogP contribution in [0.1, 0.15) is 24.0 Å². The van der Waals surface area contributed by atoms with E-state index in [0.717, 1.165) is 41.5 Å². The van der Waals surface area contributed by atoms with E-state index in [9.17, 15) is 4.79 Å². The summed E-state index contributed by atoms with van der Waals surface area (Å²) in [6.07, 6.45) is 1.87. The van der Waals surface area contributed by atoms with Gasteiger partial charge in [0.25, 0.3) is 0 Å². The summed E-state index contributed by atoms with van der Waals surface area (Å²) in [7, 11) is 2.14. The minimum atomic E-state index is -0.526. The van der Waals surface area contributed by atoms with Crippen molar-refractivity contribution >= 4 is 6.03 Å². The third-order valence-corrected chi connectivity index (χ3v) is 6.42. The number of hydrogen-bond acceptors (Lipinski definition) is 2. The maximum absolute atomic E-state index is 13.1. The summed E-state index contributed by atoms with van der Waals surface area (Å²) < 4.78 is 0.783. The van der Waals surface area contributed by atoms with Crippen molar-refractivity contribution in [3.8, 4) is 6.07 Å². The van der Waals surface area contributed by atoms with Crippen LogP contribution >= 0.6 is 0 Å². The van der Waals surface area contributed by atoms with Crippen molar-refractivity contribution in [1.29, 1.82) is 5.26 Å². The number of hydrogen-bond donors (Lipinski definition) is 1. The third kappa shape index (κ3) is 3.25. The van der Waals surface area contributed by atoms with E-state index in [1.807, 2.05) is 41.3 Å². The number of quaternary nitrogens is 1. The van der Waals surface area contributed by atoms with E-state index < -0.39 is 5.54 Å². The molecule has 0 bridgehead atoms. The molecular weight excluding hydrogens is 348 g/mol. The Bertz CT molecular complexity index is 827. The first-order valence-electron chi connectivity index (χ1n) is 9.97. The predicted octanol–water partition coefficient (Wildman–Crippen LogP) is 3.09. The Balaban J connectivity index is 1.62. The summed E-state index contributed by atoms with van der Waals surface area (Å²) in [4.78, 5) is 15.1. The lowest BCUT2D eigenvalue weighted by Crippen LogP contribution is -2.54. The van der Waals surface area contributed by atoms with Gasteiger partial charge in [0.2, 0.25) is 0 Å². The zero-order chi connectivity index (χ0) is 19.6. The highest BCUT2D eigenvalue weighted by molar-refractivity contribution is 5.80. The van der Waals surface area contributed by atoms with E-state index in [-0.39, 0.29) is 12.1 Å². The fourth-order valence-corrected chi connectivity index (χ4v) is 4.67. The molecule has 28 heavy (non-hydrogen) atoms. The molecule has 0 unspecified atom stereocenters. The zero-order valence-electron chi connectivity index (χ0n) is 16.3. The molecule has 0 radical (unpaired) electrons. The van der Waals surface area contributed by atoms with E-state index in [0.29, 0.717) is 13.1 Å². The second-order valence-electron chi connectivity index (χ2n) is 8.31. The number of piperidine rings is 1. The Hall–Kier alpha value is -2.84. The summed E-state index contributed by atoms with van der Waals surface area (Å²) in [5.41, 5.74) is 1.69. The average molecular weight is 375 g/mol. The van der Waals surface area contributed by atoms with Gasteiger partial charge in [0.1, 0.15) is 11.6 Å². The van der Waals surface area contributed by atoms with Gasteiger partial charge in [-0.1, -0.05) is 60.7 Å². The fraction of sp³-hybridized carbons (Fsp3) is 0.391. The Kier molecular flexibility index (Phi) is 4.82. The lowest BCUT2D eigenvalue weighted by molar-refractivity contribution is -0.908. The van der Waals surface area contributed by atoms with Crippen LogP contribution in [0, 0.1) is 11.3 Å². The molecule has 0 saturated carbocycles. The van der Waals surface area contributed by atoms with E-state index >= 15 is 0 Å². The average Bonchev–Trinajstić information content (AvgIpc) is 3.08. The summed E-state index contributed by atoms with van der Waals surface area (Å²) in [6, 6.07) is 23.0. The maximum Gasteiger partial charge on any atom is 0.318 e. The molecule has 2 saturated heterocycles. The normalized spacial score (nSPS) is 26.5. The number of rotatable bonds is 4. The van der Waals surface area contributed by atoms with Crippen LogP contribution in [0.4, 0.5) is 4.79 Å². The Morgan fingerprint density at radius 3 is 2.11 bits per heavy atom. The van der Waals surface area contributed by atoms with Gasteiger partial charge in [0.05, 0.1) is 26.7 Å². The first kappa shape index (κ1) is 18.5. The minimum Gasteiger partial charge on any atom is -0.323 e. The highest BCUT2D eigenvalue weighted by Gasteiger charge is 2.48. The second-order valence-corrected chi connectivity index (χ2v) is 8.31. The molecule has 0 spiro atoms. The standard InChI is InChI=1S/C23H26N4O/c1-27(17-14-24)15-12-21(13-16-27)26-18-23(25-22(26)28,19-8-4-2-5-9-19)20-10-6-3-7-11-20/h2-11,21H,12-13,15-18H2,1H3/p+1. The molecule has 2 fully saturated rings. The monoisotopic (exact) mass is 375 g/mol. The molecule has 2 aliphatic heterocycles. The molecular formula is C23H27N4O+. The van der Waals surface area contributed by atoms with Crippen molar-refractivity contribution in [1.82, 2.24) is 10.2 Å². The number of nitrogens with zero attached hydrogens (tertiary/aromatic N) is 3. The van der Waals surface area contributed by atoms with Crippen molar-refractivity contribution in [2.24, 2.45) is 0 Å². The number of carbonyl (C=O) groups excluding carboxylic acids is 1. The van der Waals surface area contributed by atoms with E-state index in [2.05, 4.69) is 42.7 Å². The number of nitrogens with one attached hydrogen (secondary N) is 1. The first-order chi connectivity index (χ1) is 13.6. The van der Waals surface area contributed by atoms with Crippen LogP contribution in [0.2, 0.25) is 0 Å². The van der Waals surface area contributed by atoms with Crippen LogP contribution in [0.5, 0.6) is 0 Å². The quantitative estimate of drug-likeness (QED) is 0.659. The molecule has 0 aliphatic carbocycles. The lowest BCUT2D eigenvalue weighted by Gasteiger charge is -2.41. The molecule has 2 aromatic carbocycles. The van der Waals surface area contributed by atoms with Gasteiger partial charge in [-0.2, -0.15) is 5.26 Å². The topological polar surface area (TPSA) is 56.1 Å². The van der Waals surface area contributed by atoms with Crippen LogP contribution in [-0.4, -0.2) is 54.7 Å². The Morgan fingerprint density at radius 1 is 1.07 bits per heavy atom. The molecule has 5 heteroatoms. The largest absolute Gasteiger partial charge is 0.323 e. The molecule has 4 rings (SSSR count). The SMILES string of the molecule is C[N+]1(CC#N)CCC(N2CC(c3ccccc3)(c3ccccc3)NC2=O)CC1. The number of amides is 2. The Labute approximate surface area is 166 Å². The Morgan fingerprint density at radius 2 is 1.61 bits per heavy atom. The number of urea groups is 1. The van der Waals surface area contributed by atoms with Crippen molar-refractivity contribution < 1.29 is 9.28 Å². The lowest BCUT2D eigenvalue weighted by atomic mass is 9.83. The third-order valence-electron chi connectivity index (χ3n) is 6.42. The molecule has 0 atom stereocenters. The predicted molar refractivity (Wildman–Crippen MR) is 108 cm³/mol. The van der Waals surface area contributed by atoms with Gasteiger partial charge >= 0.3 is 6.03 Å². The van der Waals surface area contributed by atoms with Crippen LogP contribution in [0.25, 0.3) is 0 Å². The van der Waals surface area contributed by atoms with Gasteiger partial charge in [0, 0.05) is 18.9 Å². The van der Waals surface area contributed by atoms with Gasteiger partial charge < -0.3 is 14.7 Å². The number of carbonyl (C=O) groups is 1. The summed E-state index contributed by atoms with van der Waals surface area (Å²) >= 11 is 0. The summed E-state index contributed by atoms with van der Waals surface area (Å²) in [6.45, 7) is 3.04. The van der Waals surface area contributed by atoms with E-state index in [1.54, 1.807) is 0 Å². The van der Waals surface area contributed by atoms with Gasteiger partial charge in [-0.25, -0.2) is 4.79 Å². The van der Waals surface area contributed by atoms with Crippen molar-refractivity contribution in [2.45, 2.75) is 24.4 Å². The van der Waals surface area contributed by atoms with Crippen molar-refractivity contribution in [2.75, 3.05) is 33.2 Å². The number of nitriles is 1.